The Bertz CT molecular complexity index is 622. The summed E-state index contributed by atoms with van der Waals surface area (Å²) in [5.41, 5.74) is 2.31. The van der Waals surface area contributed by atoms with Crippen molar-refractivity contribution in [1.29, 1.82) is 0 Å². The largest absolute Gasteiger partial charge is 0.376 e. The number of nitrogens with zero attached hydrogens (tertiary/aromatic N) is 3. The molecule has 5 nitrogen and oxygen atoms in total. The van der Waals surface area contributed by atoms with Crippen LogP contribution in [0.3, 0.4) is 0 Å². The van der Waals surface area contributed by atoms with Crippen LogP contribution in [0.2, 0.25) is 0 Å². The second-order valence-electron chi connectivity index (χ2n) is 5.44. The van der Waals surface area contributed by atoms with Gasteiger partial charge in [-0.2, -0.15) is 0 Å². The van der Waals surface area contributed by atoms with E-state index in [1.807, 2.05) is 31.2 Å². The molecule has 5 heteroatoms. The van der Waals surface area contributed by atoms with Crippen molar-refractivity contribution >= 4 is 11.6 Å². The molecule has 3 rings (SSSR count). The lowest BCUT2D eigenvalue weighted by Gasteiger charge is -2.25. The number of aromatic nitrogens is 2. The highest BCUT2D eigenvalue weighted by Crippen LogP contribution is 2.20. The maximum Gasteiger partial charge on any atom is 0.259 e. The number of carbonyl (C=O) groups is 1. The fourth-order valence-corrected chi connectivity index (χ4v) is 2.57. The molecular formula is C17H19N3O2. The summed E-state index contributed by atoms with van der Waals surface area (Å²) in [6.45, 7) is 3.23. The first-order valence-electron chi connectivity index (χ1n) is 7.50. The molecule has 0 aromatic carbocycles. The summed E-state index contributed by atoms with van der Waals surface area (Å²) >= 11 is 0. The molecule has 1 aliphatic rings. The van der Waals surface area contributed by atoms with Crippen LogP contribution in [0.25, 0.3) is 0 Å². The molecule has 1 unspecified atom stereocenters. The zero-order valence-electron chi connectivity index (χ0n) is 12.6. The van der Waals surface area contributed by atoms with Crippen LogP contribution in [0.1, 0.15) is 28.9 Å². The molecule has 0 aliphatic carbocycles. The first-order chi connectivity index (χ1) is 10.7. The smallest absolute Gasteiger partial charge is 0.259 e. The molecule has 0 bridgehead atoms. The molecule has 1 aliphatic heterocycles. The fraction of sp³-hybridized carbons (Fsp3) is 0.353. The highest BCUT2D eigenvalue weighted by molar-refractivity contribution is 6.05. The van der Waals surface area contributed by atoms with Gasteiger partial charge in [0.2, 0.25) is 0 Å². The first-order valence-corrected chi connectivity index (χ1v) is 7.50. The minimum Gasteiger partial charge on any atom is -0.376 e. The molecule has 2 aromatic heterocycles. The van der Waals surface area contributed by atoms with Gasteiger partial charge in [-0.15, -0.1) is 0 Å². The lowest BCUT2D eigenvalue weighted by molar-refractivity contribution is 0.0917. The summed E-state index contributed by atoms with van der Waals surface area (Å²) in [6, 6.07) is 7.35. The van der Waals surface area contributed by atoms with Crippen LogP contribution in [0.15, 0.2) is 42.9 Å². The van der Waals surface area contributed by atoms with Crippen molar-refractivity contribution in [3.05, 3.63) is 54.1 Å². The highest BCUT2D eigenvalue weighted by Gasteiger charge is 2.24. The zero-order chi connectivity index (χ0) is 15.4. The van der Waals surface area contributed by atoms with Gasteiger partial charge in [0.1, 0.15) is 0 Å². The van der Waals surface area contributed by atoms with Crippen LogP contribution in [-0.4, -0.2) is 35.1 Å². The second-order valence-corrected chi connectivity index (χ2v) is 5.44. The molecule has 0 spiro atoms. The van der Waals surface area contributed by atoms with E-state index in [-0.39, 0.29) is 12.0 Å². The molecule has 1 saturated heterocycles. The number of anilines is 1. The van der Waals surface area contributed by atoms with Gasteiger partial charge in [-0.3, -0.25) is 14.8 Å². The molecule has 1 amide bonds. The van der Waals surface area contributed by atoms with Gasteiger partial charge in [0.15, 0.2) is 0 Å². The van der Waals surface area contributed by atoms with E-state index in [2.05, 4.69) is 9.97 Å². The third-order valence-electron chi connectivity index (χ3n) is 3.79. The Morgan fingerprint density at radius 3 is 2.77 bits per heavy atom. The molecule has 1 atom stereocenters. The van der Waals surface area contributed by atoms with Crippen molar-refractivity contribution < 1.29 is 9.53 Å². The number of rotatable bonds is 4. The summed E-state index contributed by atoms with van der Waals surface area (Å²) in [5, 5.41) is 0. The molecule has 3 heterocycles. The Kier molecular flexibility index (Phi) is 4.44. The molecule has 114 valence electrons. The number of ether oxygens (including phenoxy) is 1. The van der Waals surface area contributed by atoms with Crippen molar-refractivity contribution in [3.8, 4) is 0 Å². The maximum absolute atomic E-state index is 12.9. The predicted octanol–water partition coefficient (Wildman–Crippen LogP) is 2.61. The normalized spacial score (nSPS) is 17.4. The average Bonchev–Trinajstić information content (AvgIpc) is 3.07. The van der Waals surface area contributed by atoms with Crippen LogP contribution >= 0.6 is 0 Å². The molecular weight excluding hydrogens is 278 g/mol. The van der Waals surface area contributed by atoms with Gasteiger partial charge in [-0.1, -0.05) is 0 Å². The third-order valence-corrected chi connectivity index (χ3v) is 3.79. The first kappa shape index (κ1) is 14.7. The van der Waals surface area contributed by atoms with E-state index in [0.29, 0.717) is 12.1 Å². The number of hydrogen-bond acceptors (Lipinski definition) is 4. The van der Waals surface area contributed by atoms with E-state index in [1.165, 1.54) is 0 Å². The number of aryl methyl sites for hydroxylation is 1. The highest BCUT2D eigenvalue weighted by atomic mass is 16.5. The monoisotopic (exact) mass is 297 g/mol. The SMILES string of the molecule is Cc1ccc(C(=O)N(CC2CCCO2)c2ccncc2)cn1. The standard InChI is InChI=1S/C17H19N3O2/c1-13-4-5-14(11-19-13)17(21)20(12-16-3-2-10-22-16)15-6-8-18-9-7-15/h4-9,11,16H,2-3,10,12H2,1H3. The minimum atomic E-state index is -0.0609. The zero-order valence-corrected chi connectivity index (χ0v) is 12.6. The Labute approximate surface area is 130 Å². The van der Waals surface area contributed by atoms with Crippen LogP contribution in [-0.2, 0) is 4.74 Å². The van der Waals surface area contributed by atoms with Gasteiger partial charge >= 0.3 is 0 Å². The predicted molar refractivity (Wildman–Crippen MR) is 83.9 cm³/mol. The lowest BCUT2D eigenvalue weighted by atomic mass is 10.1. The van der Waals surface area contributed by atoms with Crippen molar-refractivity contribution in [3.63, 3.8) is 0 Å². The molecule has 2 aromatic rings. The number of amides is 1. The van der Waals surface area contributed by atoms with Crippen LogP contribution < -0.4 is 4.90 Å². The third kappa shape index (κ3) is 3.31. The van der Waals surface area contributed by atoms with Crippen molar-refractivity contribution in [2.24, 2.45) is 0 Å². The molecule has 0 saturated carbocycles. The van der Waals surface area contributed by atoms with Gasteiger partial charge in [-0.25, -0.2) is 0 Å². The summed E-state index contributed by atoms with van der Waals surface area (Å²) in [4.78, 5) is 22.8. The van der Waals surface area contributed by atoms with E-state index in [0.717, 1.165) is 30.8 Å². The number of hydrogen-bond donors (Lipinski definition) is 0. The Hall–Kier alpha value is -2.27. The second kappa shape index (κ2) is 6.66. The summed E-state index contributed by atoms with van der Waals surface area (Å²) in [5.74, 6) is -0.0609. The fourth-order valence-electron chi connectivity index (χ4n) is 2.57. The van der Waals surface area contributed by atoms with Crippen molar-refractivity contribution in [1.82, 2.24) is 9.97 Å². The molecule has 0 N–H and O–H groups in total. The van der Waals surface area contributed by atoms with E-state index in [4.69, 9.17) is 4.74 Å². The van der Waals surface area contributed by atoms with Crippen LogP contribution in [0, 0.1) is 6.92 Å². The van der Waals surface area contributed by atoms with Crippen molar-refractivity contribution in [2.45, 2.75) is 25.9 Å². The average molecular weight is 297 g/mol. The Morgan fingerprint density at radius 2 is 2.14 bits per heavy atom. The quantitative estimate of drug-likeness (QED) is 0.870. The van der Waals surface area contributed by atoms with E-state index in [9.17, 15) is 4.79 Å². The summed E-state index contributed by atoms with van der Waals surface area (Å²) in [6.07, 6.45) is 7.14. The van der Waals surface area contributed by atoms with E-state index in [1.54, 1.807) is 23.5 Å². The maximum atomic E-state index is 12.9. The molecule has 1 fully saturated rings. The van der Waals surface area contributed by atoms with Gasteiger partial charge in [0, 0.05) is 36.6 Å². The van der Waals surface area contributed by atoms with E-state index >= 15 is 0 Å². The molecule has 22 heavy (non-hydrogen) atoms. The van der Waals surface area contributed by atoms with Crippen molar-refractivity contribution in [2.75, 3.05) is 18.1 Å². The van der Waals surface area contributed by atoms with Gasteiger partial charge in [0.25, 0.3) is 5.91 Å². The van der Waals surface area contributed by atoms with Crippen LogP contribution in [0.5, 0.6) is 0 Å². The summed E-state index contributed by atoms with van der Waals surface area (Å²) in [7, 11) is 0. The van der Waals surface area contributed by atoms with Crippen LogP contribution in [0.4, 0.5) is 5.69 Å². The number of carbonyl (C=O) groups excluding carboxylic acids is 1. The van der Waals surface area contributed by atoms with Gasteiger partial charge < -0.3 is 9.64 Å². The van der Waals surface area contributed by atoms with Gasteiger partial charge in [-0.05, 0) is 44.0 Å². The Balaban J connectivity index is 1.86. The number of pyridine rings is 2. The minimum absolute atomic E-state index is 0.0609. The molecule has 0 radical (unpaired) electrons. The Morgan fingerprint density at radius 1 is 1.32 bits per heavy atom. The topological polar surface area (TPSA) is 55.3 Å². The summed E-state index contributed by atoms with van der Waals surface area (Å²) < 4.78 is 5.68. The van der Waals surface area contributed by atoms with E-state index < -0.39 is 0 Å². The van der Waals surface area contributed by atoms with Gasteiger partial charge in [0.05, 0.1) is 18.2 Å². The lowest BCUT2D eigenvalue weighted by Crippen LogP contribution is -2.37.